The van der Waals surface area contributed by atoms with E-state index >= 15 is 0 Å². The van der Waals surface area contributed by atoms with E-state index in [0.29, 0.717) is 18.0 Å². The van der Waals surface area contributed by atoms with E-state index in [2.05, 4.69) is 10.6 Å². The van der Waals surface area contributed by atoms with E-state index in [1.807, 2.05) is 24.3 Å². The number of carbonyl (C=O) groups is 1. The summed E-state index contributed by atoms with van der Waals surface area (Å²) >= 11 is 0. The largest absolute Gasteiger partial charge is 0.348 e. The second-order valence-corrected chi connectivity index (χ2v) is 6.04. The number of nitrogens with one attached hydrogen (secondary N) is 2. The fourth-order valence-corrected chi connectivity index (χ4v) is 3.07. The summed E-state index contributed by atoms with van der Waals surface area (Å²) in [5.41, 5.74) is 3.33. The maximum absolute atomic E-state index is 13.3. The van der Waals surface area contributed by atoms with Gasteiger partial charge in [-0.15, -0.1) is 0 Å². The molecule has 1 amide bonds. The summed E-state index contributed by atoms with van der Waals surface area (Å²) in [6.07, 6.45) is 1.06. The van der Waals surface area contributed by atoms with Crippen LogP contribution in [0.15, 0.2) is 42.5 Å². The molecular formula is C19H21FN2O. The lowest BCUT2D eigenvalue weighted by Crippen LogP contribution is -2.25. The van der Waals surface area contributed by atoms with E-state index in [0.717, 1.165) is 36.2 Å². The SMILES string of the molecule is Cc1cc(CNC(=O)c2ccccc2[C@H]2CCNC2)ccc1F. The fourth-order valence-electron chi connectivity index (χ4n) is 3.07. The minimum absolute atomic E-state index is 0.0746. The first-order chi connectivity index (χ1) is 11.1. The third kappa shape index (κ3) is 3.59. The van der Waals surface area contributed by atoms with Crippen LogP contribution in [-0.2, 0) is 6.54 Å². The molecule has 0 bridgehead atoms. The summed E-state index contributed by atoms with van der Waals surface area (Å²) in [5.74, 6) is 0.0960. The lowest BCUT2D eigenvalue weighted by molar-refractivity contribution is 0.0949. The molecule has 1 fully saturated rings. The number of hydrogen-bond acceptors (Lipinski definition) is 2. The Labute approximate surface area is 135 Å². The van der Waals surface area contributed by atoms with Crippen molar-refractivity contribution in [1.82, 2.24) is 10.6 Å². The topological polar surface area (TPSA) is 41.1 Å². The zero-order valence-corrected chi connectivity index (χ0v) is 13.2. The molecule has 120 valence electrons. The van der Waals surface area contributed by atoms with Crippen molar-refractivity contribution in [2.45, 2.75) is 25.8 Å². The van der Waals surface area contributed by atoms with Crippen LogP contribution in [0.2, 0.25) is 0 Å². The fraction of sp³-hybridized carbons (Fsp3) is 0.316. The second-order valence-electron chi connectivity index (χ2n) is 6.04. The highest BCUT2D eigenvalue weighted by molar-refractivity contribution is 5.95. The van der Waals surface area contributed by atoms with Gasteiger partial charge in [0, 0.05) is 18.7 Å². The molecule has 3 nitrogen and oxygen atoms in total. The van der Waals surface area contributed by atoms with Crippen LogP contribution >= 0.6 is 0 Å². The Bertz CT molecular complexity index is 708. The van der Waals surface area contributed by atoms with Crippen molar-refractivity contribution in [2.24, 2.45) is 0 Å². The molecule has 0 unspecified atom stereocenters. The van der Waals surface area contributed by atoms with Crippen LogP contribution in [0.1, 0.15) is 39.4 Å². The van der Waals surface area contributed by atoms with E-state index in [-0.39, 0.29) is 11.7 Å². The summed E-state index contributed by atoms with van der Waals surface area (Å²) in [5, 5.41) is 6.28. The molecule has 1 saturated heterocycles. The van der Waals surface area contributed by atoms with Gasteiger partial charge in [-0.05, 0) is 54.6 Å². The second kappa shape index (κ2) is 6.92. The summed E-state index contributed by atoms with van der Waals surface area (Å²) < 4.78 is 13.3. The summed E-state index contributed by atoms with van der Waals surface area (Å²) in [6, 6.07) is 12.7. The van der Waals surface area contributed by atoms with Crippen LogP contribution in [-0.4, -0.2) is 19.0 Å². The molecule has 1 aliphatic heterocycles. The van der Waals surface area contributed by atoms with E-state index in [4.69, 9.17) is 0 Å². The average Bonchev–Trinajstić information content (AvgIpc) is 3.10. The average molecular weight is 312 g/mol. The molecular weight excluding hydrogens is 291 g/mol. The smallest absolute Gasteiger partial charge is 0.251 e. The predicted molar refractivity (Wildman–Crippen MR) is 89.0 cm³/mol. The standard InChI is InChI=1S/C19H21FN2O/c1-13-10-14(6-7-18(13)20)11-22-19(23)17-5-3-2-4-16(17)15-8-9-21-12-15/h2-7,10,15,21H,8-9,11-12H2,1H3,(H,22,23)/t15-/m0/s1. The Morgan fingerprint density at radius 3 is 2.87 bits per heavy atom. The molecule has 1 atom stereocenters. The number of halogens is 1. The van der Waals surface area contributed by atoms with Gasteiger partial charge in [-0.25, -0.2) is 4.39 Å². The first-order valence-electron chi connectivity index (χ1n) is 7.98. The monoisotopic (exact) mass is 312 g/mol. The molecule has 2 aromatic carbocycles. The maximum Gasteiger partial charge on any atom is 0.251 e. The third-order valence-electron chi connectivity index (χ3n) is 4.38. The van der Waals surface area contributed by atoms with Crippen LogP contribution in [0.4, 0.5) is 4.39 Å². The number of aryl methyl sites for hydroxylation is 1. The minimum Gasteiger partial charge on any atom is -0.348 e. The lowest BCUT2D eigenvalue weighted by Gasteiger charge is -2.15. The molecule has 0 saturated carbocycles. The normalized spacial score (nSPS) is 17.2. The molecule has 2 aromatic rings. The van der Waals surface area contributed by atoms with Gasteiger partial charge in [-0.2, -0.15) is 0 Å². The molecule has 0 aliphatic carbocycles. The lowest BCUT2D eigenvalue weighted by atomic mass is 9.93. The van der Waals surface area contributed by atoms with Gasteiger partial charge in [-0.1, -0.05) is 30.3 Å². The highest BCUT2D eigenvalue weighted by Crippen LogP contribution is 2.25. The van der Waals surface area contributed by atoms with Crippen molar-refractivity contribution in [3.8, 4) is 0 Å². The number of carbonyl (C=O) groups excluding carboxylic acids is 1. The van der Waals surface area contributed by atoms with Crippen LogP contribution in [0.3, 0.4) is 0 Å². The Balaban J connectivity index is 1.72. The Kier molecular flexibility index (Phi) is 4.72. The molecule has 4 heteroatoms. The Morgan fingerprint density at radius 1 is 1.30 bits per heavy atom. The molecule has 1 aliphatic rings. The first kappa shape index (κ1) is 15.7. The van der Waals surface area contributed by atoms with Gasteiger partial charge in [0.1, 0.15) is 5.82 Å². The van der Waals surface area contributed by atoms with Gasteiger partial charge < -0.3 is 10.6 Å². The van der Waals surface area contributed by atoms with Gasteiger partial charge in [0.25, 0.3) is 5.91 Å². The highest BCUT2D eigenvalue weighted by Gasteiger charge is 2.21. The van der Waals surface area contributed by atoms with Crippen molar-refractivity contribution >= 4 is 5.91 Å². The van der Waals surface area contributed by atoms with Gasteiger partial charge >= 0.3 is 0 Å². The molecule has 1 heterocycles. The van der Waals surface area contributed by atoms with Gasteiger partial charge in [-0.3, -0.25) is 4.79 Å². The van der Waals surface area contributed by atoms with E-state index in [9.17, 15) is 9.18 Å². The minimum atomic E-state index is -0.223. The van der Waals surface area contributed by atoms with Crippen LogP contribution in [0, 0.1) is 12.7 Å². The van der Waals surface area contributed by atoms with Crippen LogP contribution in [0.25, 0.3) is 0 Å². The van der Waals surface area contributed by atoms with E-state index in [1.165, 1.54) is 6.07 Å². The van der Waals surface area contributed by atoms with Crippen LogP contribution in [0.5, 0.6) is 0 Å². The summed E-state index contributed by atoms with van der Waals surface area (Å²) in [4.78, 5) is 12.5. The Hall–Kier alpha value is -2.20. The molecule has 2 N–H and O–H groups in total. The zero-order chi connectivity index (χ0) is 16.2. The van der Waals surface area contributed by atoms with Gasteiger partial charge in [0.05, 0.1) is 0 Å². The van der Waals surface area contributed by atoms with Crippen molar-refractivity contribution in [2.75, 3.05) is 13.1 Å². The quantitative estimate of drug-likeness (QED) is 0.910. The summed E-state index contributed by atoms with van der Waals surface area (Å²) in [6.45, 7) is 4.04. The highest BCUT2D eigenvalue weighted by atomic mass is 19.1. The first-order valence-corrected chi connectivity index (χ1v) is 7.98. The molecule has 23 heavy (non-hydrogen) atoms. The molecule has 0 aromatic heterocycles. The molecule has 0 spiro atoms. The maximum atomic E-state index is 13.3. The molecule has 0 radical (unpaired) electrons. The van der Waals surface area contributed by atoms with Crippen molar-refractivity contribution in [3.63, 3.8) is 0 Å². The number of benzene rings is 2. The van der Waals surface area contributed by atoms with Crippen molar-refractivity contribution in [3.05, 3.63) is 70.5 Å². The summed E-state index contributed by atoms with van der Waals surface area (Å²) in [7, 11) is 0. The molecule has 3 rings (SSSR count). The van der Waals surface area contributed by atoms with E-state index < -0.39 is 0 Å². The zero-order valence-electron chi connectivity index (χ0n) is 13.2. The van der Waals surface area contributed by atoms with E-state index in [1.54, 1.807) is 19.1 Å². The number of amides is 1. The van der Waals surface area contributed by atoms with Crippen molar-refractivity contribution in [1.29, 1.82) is 0 Å². The van der Waals surface area contributed by atoms with Gasteiger partial charge in [0.15, 0.2) is 0 Å². The number of rotatable bonds is 4. The van der Waals surface area contributed by atoms with Crippen LogP contribution < -0.4 is 10.6 Å². The van der Waals surface area contributed by atoms with Gasteiger partial charge in [0.2, 0.25) is 0 Å². The predicted octanol–water partition coefficient (Wildman–Crippen LogP) is 3.14. The third-order valence-corrected chi connectivity index (χ3v) is 4.38. The van der Waals surface area contributed by atoms with Crippen molar-refractivity contribution < 1.29 is 9.18 Å². The number of hydrogen-bond donors (Lipinski definition) is 2. The Morgan fingerprint density at radius 2 is 2.13 bits per heavy atom.